The van der Waals surface area contributed by atoms with Gasteiger partial charge in [0.2, 0.25) is 0 Å². The molecule has 0 fully saturated rings. The average Bonchev–Trinajstić information content (AvgIpc) is 2.49. The smallest absolute Gasteiger partial charge is 0.339 e. The molecule has 0 bridgehead atoms. The van der Waals surface area contributed by atoms with Crippen LogP contribution < -0.4 is 4.90 Å². The minimum atomic E-state index is -0.340. The summed E-state index contributed by atoms with van der Waals surface area (Å²) in [5.74, 6) is -0.340. The molecule has 2 aromatic carbocycles. The lowest BCUT2D eigenvalue weighted by Gasteiger charge is -2.22. The van der Waals surface area contributed by atoms with Gasteiger partial charge in [-0.05, 0) is 36.2 Å². The van der Waals surface area contributed by atoms with E-state index in [2.05, 4.69) is 0 Å². The first-order chi connectivity index (χ1) is 10.0. The molecule has 0 aliphatic heterocycles. The van der Waals surface area contributed by atoms with E-state index in [0.717, 1.165) is 21.8 Å². The number of carbonyl (C=O) groups is 1. The van der Waals surface area contributed by atoms with Crippen molar-refractivity contribution in [3.05, 3.63) is 64.2 Å². The number of aryl methyl sites for hydroxylation is 1. The van der Waals surface area contributed by atoms with E-state index in [1.54, 1.807) is 6.07 Å². The number of rotatable bonds is 4. The molecule has 21 heavy (non-hydrogen) atoms. The fourth-order valence-corrected chi connectivity index (χ4v) is 2.51. The SMILES string of the molecule is COC(=O)c1ccccc1N(C)Cc1ccc(C)cc1Cl. The highest BCUT2D eigenvalue weighted by Gasteiger charge is 2.15. The summed E-state index contributed by atoms with van der Waals surface area (Å²) < 4.78 is 4.83. The lowest BCUT2D eigenvalue weighted by atomic mass is 10.1. The van der Waals surface area contributed by atoms with Gasteiger partial charge >= 0.3 is 5.97 Å². The number of halogens is 1. The van der Waals surface area contributed by atoms with Gasteiger partial charge in [-0.25, -0.2) is 4.79 Å². The van der Waals surface area contributed by atoms with Crippen LogP contribution in [0.25, 0.3) is 0 Å². The third kappa shape index (κ3) is 3.56. The van der Waals surface area contributed by atoms with Crippen LogP contribution in [-0.2, 0) is 11.3 Å². The normalized spacial score (nSPS) is 10.3. The van der Waals surface area contributed by atoms with Crippen LogP contribution in [0.5, 0.6) is 0 Å². The van der Waals surface area contributed by atoms with Gasteiger partial charge < -0.3 is 9.64 Å². The van der Waals surface area contributed by atoms with E-state index >= 15 is 0 Å². The second-order valence-electron chi connectivity index (χ2n) is 4.96. The van der Waals surface area contributed by atoms with Crippen LogP contribution in [0.3, 0.4) is 0 Å². The van der Waals surface area contributed by atoms with Gasteiger partial charge in [-0.3, -0.25) is 0 Å². The zero-order valence-corrected chi connectivity index (χ0v) is 13.1. The molecule has 3 nitrogen and oxygen atoms in total. The van der Waals surface area contributed by atoms with Crippen molar-refractivity contribution >= 4 is 23.3 Å². The molecule has 0 unspecified atom stereocenters. The number of anilines is 1. The van der Waals surface area contributed by atoms with E-state index < -0.39 is 0 Å². The monoisotopic (exact) mass is 303 g/mol. The predicted molar refractivity (Wildman–Crippen MR) is 86.1 cm³/mol. The highest BCUT2D eigenvalue weighted by Crippen LogP contribution is 2.25. The standard InChI is InChI=1S/C17H18ClNO2/c1-12-8-9-13(15(18)10-12)11-19(2)16-7-5-4-6-14(16)17(20)21-3/h4-10H,11H2,1-3H3. The maximum atomic E-state index is 11.8. The summed E-state index contributed by atoms with van der Waals surface area (Å²) >= 11 is 6.27. The number of hydrogen-bond acceptors (Lipinski definition) is 3. The maximum Gasteiger partial charge on any atom is 0.339 e. The van der Waals surface area contributed by atoms with Crippen molar-refractivity contribution in [2.24, 2.45) is 0 Å². The van der Waals surface area contributed by atoms with Crippen molar-refractivity contribution in [2.45, 2.75) is 13.5 Å². The second kappa shape index (κ2) is 6.64. The Balaban J connectivity index is 2.28. The van der Waals surface area contributed by atoms with Crippen molar-refractivity contribution in [3.63, 3.8) is 0 Å². The summed E-state index contributed by atoms with van der Waals surface area (Å²) in [7, 11) is 3.31. The Labute approximate surface area is 130 Å². The van der Waals surface area contributed by atoms with Gasteiger partial charge in [-0.15, -0.1) is 0 Å². The minimum absolute atomic E-state index is 0.340. The Morgan fingerprint density at radius 3 is 2.62 bits per heavy atom. The van der Waals surface area contributed by atoms with Gasteiger partial charge in [0.05, 0.1) is 18.4 Å². The largest absolute Gasteiger partial charge is 0.465 e. The molecule has 0 spiro atoms. The number of nitrogens with zero attached hydrogens (tertiary/aromatic N) is 1. The van der Waals surface area contributed by atoms with E-state index in [4.69, 9.17) is 16.3 Å². The fraction of sp³-hybridized carbons (Fsp3) is 0.235. The lowest BCUT2D eigenvalue weighted by Crippen LogP contribution is -2.20. The van der Waals surface area contributed by atoms with Crippen LogP contribution in [0.2, 0.25) is 5.02 Å². The fourth-order valence-electron chi connectivity index (χ4n) is 2.21. The number of carbonyl (C=O) groups excluding carboxylic acids is 1. The highest BCUT2D eigenvalue weighted by molar-refractivity contribution is 6.31. The zero-order valence-electron chi connectivity index (χ0n) is 12.4. The van der Waals surface area contributed by atoms with E-state index in [1.807, 2.05) is 55.3 Å². The maximum absolute atomic E-state index is 11.8. The van der Waals surface area contributed by atoms with E-state index in [0.29, 0.717) is 12.1 Å². The number of ether oxygens (including phenoxy) is 1. The Hall–Kier alpha value is -2.00. The number of para-hydroxylation sites is 1. The molecule has 0 heterocycles. The van der Waals surface area contributed by atoms with Crippen LogP contribution in [0.4, 0.5) is 5.69 Å². The number of hydrogen-bond donors (Lipinski definition) is 0. The molecule has 0 saturated heterocycles. The van der Waals surface area contributed by atoms with Crippen LogP contribution in [0.1, 0.15) is 21.5 Å². The van der Waals surface area contributed by atoms with Crippen molar-refractivity contribution in [2.75, 3.05) is 19.1 Å². The summed E-state index contributed by atoms with van der Waals surface area (Å²) in [4.78, 5) is 13.8. The van der Waals surface area contributed by atoms with Gasteiger partial charge in [0.1, 0.15) is 0 Å². The van der Waals surface area contributed by atoms with E-state index in [1.165, 1.54) is 7.11 Å². The molecule has 0 aliphatic carbocycles. The summed E-state index contributed by atoms with van der Waals surface area (Å²) in [6.07, 6.45) is 0. The van der Waals surface area contributed by atoms with Crippen LogP contribution >= 0.6 is 11.6 Å². The summed E-state index contributed by atoms with van der Waals surface area (Å²) in [5, 5.41) is 0.734. The first-order valence-electron chi connectivity index (χ1n) is 6.66. The second-order valence-corrected chi connectivity index (χ2v) is 5.37. The molecule has 110 valence electrons. The Morgan fingerprint density at radius 2 is 1.95 bits per heavy atom. The molecule has 0 amide bonds. The lowest BCUT2D eigenvalue weighted by molar-refractivity contribution is 0.0601. The molecular weight excluding hydrogens is 286 g/mol. The summed E-state index contributed by atoms with van der Waals surface area (Å²) in [6.45, 7) is 2.62. The Morgan fingerprint density at radius 1 is 1.24 bits per heavy atom. The number of esters is 1. The number of methoxy groups -OCH3 is 1. The average molecular weight is 304 g/mol. The van der Waals surface area contributed by atoms with Gasteiger partial charge in [-0.1, -0.05) is 35.9 Å². The highest BCUT2D eigenvalue weighted by atomic mass is 35.5. The minimum Gasteiger partial charge on any atom is -0.465 e. The zero-order chi connectivity index (χ0) is 15.4. The molecule has 0 N–H and O–H groups in total. The van der Waals surface area contributed by atoms with Gasteiger partial charge in [0, 0.05) is 18.6 Å². The third-order valence-electron chi connectivity index (χ3n) is 3.34. The molecule has 2 aromatic rings. The van der Waals surface area contributed by atoms with Gasteiger partial charge in [0.15, 0.2) is 0 Å². The topological polar surface area (TPSA) is 29.5 Å². The van der Waals surface area contributed by atoms with Crippen molar-refractivity contribution in [1.29, 1.82) is 0 Å². The first-order valence-corrected chi connectivity index (χ1v) is 7.04. The molecule has 4 heteroatoms. The van der Waals surface area contributed by atoms with Gasteiger partial charge in [-0.2, -0.15) is 0 Å². The quantitative estimate of drug-likeness (QED) is 0.797. The van der Waals surface area contributed by atoms with Crippen LogP contribution in [0, 0.1) is 6.92 Å². The molecule has 0 saturated carbocycles. The first kappa shape index (κ1) is 15.4. The molecular formula is C17H18ClNO2. The predicted octanol–water partition coefficient (Wildman–Crippen LogP) is 4.07. The molecule has 0 aliphatic rings. The Kier molecular flexibility index (Phi) is 4.86. The summed E-state index contributed by atoms with van der Waals surface area (Å²) in [5.41, 5.74) is 3.51. The van der Waals surface area contributed by atoms with E-state index in [-0.39, 0.29) is 5.97 Å². The third-order valence-corrected chi connectivity index (χ3v) is 3.69. The van der Waals surface area contributed by atoms with Crippen molar-refractivity contribution in [1.82, 2.24) is 0 Å². The molecule has 0 aromatic heterocycles. The van der Waals surface area contributed by atoms with Crippen molar-refractivity contribution in [3.8, 4) is 0 Å². The molecule has 0 radical (unpaired) electrons. The number of benzene rings is 2. The summed E-state index contributed by atoms with van der Waals surface area (Å²) in [6, 6.07) is 13.4. The van der Waals surface area contributed by atoms with Crippen LogP contribution in [0.15, 0.2) is 42.5 Å². The molecule has 2 rings (SSSR count). The molecule has 0 atom stereocenters. The van der Waals surface area contributed by atoms with E-state index in [9.17, 15) is 4.79 Å². The van der Waals surface area contributed by atoms with Crippen LogP contribution in [-0.4, -0.2) is 20.1 Å². The van der Waals surface area contributed by atoms with Gasteiger partial charge in [0.25, 0.3) is 0 Å². The van der Waals surface area contributed by atoms with Crippen molar-refractivity contribution < 1.29 is 9.53 Å². The Bertz CT molecular complexity index is 655.